The summed E-state index contributed by atoms with van der Waals surface area (Å²) in [5, 5.41) is 0. The second kappa shape index (κ2) is 7.43. The first-order chi connectivity index (χ1) is 9.13. The molecule has 0 aromatic heterocycles. The topological polar surface area (TPSA) is 70.8 Å². The Labute approximate surface area is 113 Å². The summed E-state index contributed by atoms with van der Waals surface area (Å²) >= 11 is 0. The largest absolute Gasteiger partial charge is 0.493 e. The van der Waals surface area contributed by atoms with Gasteiger partial charge < -0.3 is 19.9 Å². The Morgan fingerprint density at radius 1 is 1.47 bits per heavy atom. The maximum atomic E-state index is 12.0. The molecule has 5 heteroatoms. The van der Waals surface area contributed by atoms with E-state index in [4.69, 9.17) is 19.9 Å². The van der Waals surface area contributed by atoms with Gasteiger partial charge in [0.1, 0.15) is 17.9 Å². The molecule has 0 aliphatic rings. The van der Waals surface area contributed by atoms with Crippen LogP contribution in [0.1, 0.15) is 22.8 Å². The van der Waals surface area contributed by atoms with E-state index in [-0.39, 0.29) is 6.61 Å². The highest BCUT2D eigenvalue weighted by atomic mass is 16.5. The summed E-state index contributed by atoms with van der Waals surface area (Å²) < 4.78 is 15.6. The predicted octanol–water partition coefficient (Wildman–Crippen LogP) is 2.16. The number of carbonyl (C=O) groups is 1. The molecular weight excluding hydrogens is 246 g/mol. The lowest BCUT2D eigenvalue weighted by atomic mass is 10.1. The molecule has 0 atom stereocenters. The molecule has 0 amide bonds. The van der Waals surface area contributed by atoms with Crippen molar-refractivity contribution in [2.75, 3.05) is 26.1 Å². The third-order valence-electron chi connectivity index (χ3n) is 2.33. The van der Waals surface area contributed by atoms with Gasteiger partial charge in [-0.1, -0.05) is 12.7 Å². The molecule has 1 rings (SSSR count). The molecule has 0 heterocycles. The van der Waals surface area contributed by atoms with Crippen LogP contribution in [0.5, 0.6) is 5.75 Å². The third kappa shape index (κ3) is 3.99. The Bertz CT molecular complexity index is 457. The van der Waals surface area contributed by atoms with Crippen LogP contribution < -0.4 is 10.5 Å². The third-order valence-corrected chi connectivity index (χ3v) is 2.33. The van der Waals surface area contributed by atoms with Crippen LogP contribution in [0.4, 0.5) is 5.69 Å². The lowest BCUT2D eigenvalue weighted by molar-refractivity contribution is 0.0544. The van der Waals surface area contributed by atoms with E-state index in [9.17, 15) is 4.79 Å². The molecule has 0 saturated carbocycles. The zero-order chi connectivity index (χ0) is 14.3. The number of anilines is 1. The number of hydrogen-bond donors (Lipinski definition) is 1. The van der Waals surface area contributed by atoms with Gasteiger partial charge in [0, 0.05) is 18.4 Å². The predicted molar refractivity (Wildman–Crippen MR) is 73.2 cm³/mol. The van der Waals surface area contributed by atoms with Gasteiger partial charge in [0.15, 0.2) is 0 Å². The Hall–Kier alpha value is -2.01. The van der Waals surface area contributed by atoms with Gasteiger partial charge in [-0.25, -0.2) is 4.79 Å². The standard InChI is InChI=1S/C14H19NO4/c1-4-6-19-14(16)12-8-11(15)7-10(9-17-3)13(12)18-5-2/h4,7-8H,1,5-6,9,15H2,2-3H3. The molecule has 1 aromatic rings. The van der Waals surface area contributed by atoms with Crippen LogP contribution in [0.25, 0.3) is 0 Å². The highest BCUT2D eigenvalue weighted by molar-refractivity contribution is 5.94. The minimum absolute atomic E-state index is 0.138. The van der Waals surface area contributed by atoms with E-state index in [0.29, 0.717) is 30.2 Å². The molecule has 19 heavy (non-hydrogen) atoms. The molecule has 104 valence electrons. The van der Waals surface area contributed by atoms with Crippen molar-refractivity contribution in [3.8, 4) is 5.75 Å². The zero-order valence-corrected chi connectivity index (χ0v) is 11.3. The van der Waals surface area contributed by atoms with Crippen molar-refractivity contribution >= 4 is 11.7 Å². The average Bonchev–Trinajstić information content (AvgIpc) is 2.39. The van der Waals surface area contributed by atoms with Crippen molar-refractivity contribution < 1.29 is 19.0 Å². The molecular formula is C14H19NO4. The number of esters is 1. The van der Waals surface area contributed by atoms with E-state index >= 15 is 0 Å². The molecule has 0 saturated heterocycles. The van der Waals surface area contributed by atoms with E-state index in [0.717, 1.165) is 5.56 Å². The molecule has 0 unspecified atom stereocenters. The smallest absolute Gasteiger partial charge is 0.342 e. The van der Waals surface area contributed by atoms with E-state index in [1.54, 1.807) is 13.2 Å². The minimum atomic E-state index is -0.493. The van der Waals surface area contributed by atoms with Crippen LogP contribution in [0.15, 0.2) is 24.8 Å². The van der Waals surface area contributed by atoms with Crippen LogP contribution in [0.2, 0.25) is 0 Å². The van der Waals surface area contributed by atoms with Gasteiger partial charge in [0.25, 0.3) is 0 Å². The number of rotatable bonds is 7. The molecule has 0 spiro atoms. The molecule has 0 aliphatic heterocycles. The molecule has 0 aliphatic carbocycles. The summed E-state index contributed by atoms with van der Waals surface area (Å²) in [5.74, 6) is -0.0411. The second-order valence-electron chi connectivity index (χ2n) is 3.81. The van der Waals surface area contributed by atoms with Crippen LogP contribution in [-0.4, -0.2) is 26.3 Å². The Kier molecular flexibility index (Phi) is 5.89. The van der Waals surface area contributed by atoms with Gasteiger partial charge in [-0.05, 0) is 19.1 Å². The number of nitrogen functional groups attached to an aromatic ring is 1. The van der Waals surface area contributed by atoms with Gasteiger partial charge in [-0.3, -0.25) is 0 Å². The molecule has 2 N–H and O–H groups in total. The number of carbonyl (C=O) groups excluding carboxylic acids is 1. The SMILES string of the molecule is C=CCOC(=O)c1cc(N)cc(COC)c1OCC. The maximum absolute atomic E-state index is 12.0. The van der Waals surface area contributed by atoms with Gasteiger partial charge >= 0.3 is 5.97 Å². The first kappa shape index (κ1) is 15.0. The quantitative estimate of drug-likeness (QED) is 0.464. The molecule has 5 nitrogen and oxygen atoms in total. The number of ether oxygens (including phenoxy) is 3. The van der Waals surface area contributed by atoms with Crippen molar-refractivity contribution in [2.24, 2.45) is 0 Å². The number of hydrogen-bond acceptors (Lipinski definition) is 5. The second-order valence-corrected chi connectivity index (χ2v) is 3.81. The van der Waals surface area contributed by atoms with Gasteiger partial charge in [-0.2, -0.15) is 0 Å². The lowest BCUT2D eigenvalue weighted by Crippen LogP contribution is -2.11. The summed E-state index contributed by atoms with van der Waals surface area (Å²) in [5.41, 5.74) is 7.26. The minimum Gasteiger partial charge on any atom is -0.493 e. The van der Waals surface area contributed by atoms with Crippen LogP contribution in [0.3, 0.4) is 0 Å². The Morgan fingerprint density at radius 3 is 2.79 bits per heavy atom. The van der Waals surface area contributed by atoms with Crippen LogP contribution in [0, 0.1) is 0 Å². The highest BCUT2D eigenvalue weighted by Gasteiger charge is 2.18. The fourth-order valence-corrected chi connectivity index (χ4v) is 1.66. The normalized spacial score (nSPS) is 10.0. The first-order valence-corrected chi connectivity index (χ1v) is 5.96. The lowest BCUT2D eigenvalue weighted by Gasteiger charge is -2.15. The van der Waals surface area contributed by atoms with Crippen molar-refractivity contribution in [3.05, 3.63) is 35.9 Å². The maximum Gasteiger partial charge on any atom is 0.342 e. The van der Waals surface area contributed by atoms with Crippen LogP contribution in [-0.2, 0) is 16.1 Å². The fourth-order valence-electron chi connectivity index (χ4n) is 1.66. The summed E-state index contributed by atoms with van der Waals surface area (Å²) in [7, 11) is 1.56. The summed E-state index contributed by atoms with van der Waals surface area (Å²) in [6.07, 6.45) is 1.50. The number of benzene rings is 1. The Morgan fingerprint density at radius 2 is 2.21 bits per heavy atom. The molecule has 0 bridgehead atoms. The molecule has 0 radical (unpaired) electrons. The number of methoxy groups -OCH3 is 1. The van der Waals surface area contributed by atoms with Crippen LogP contribution >= 0.6 is 0 Å². The average molecular weight is 265 g/mol. The summed E-state index contributed by atoms with van der Waals surface area (Å²) in [6.45, 7) is 6.21. The van der Waals surface area contributed by atoms with E-state index in [2.05, 4.69) is 6.58 Å². The molecule has 1 aromatic carbocycles. The van der Waals surface area contributed by atoms with Crippen molar-refractivity contribution in [1.29, 1.82) is 0 Å². The fraction of sp³-hybridized carbons (Fsp3) is 0.357. The van der Waals surface area contributed by atoms with Gasteiger partial charge in [0.2, 0.25) is 0 Å². The zero-order valence-electron chi connectivity index (χ0n) is 11.3. The van der Waals surface area contributed by atoms with Gasteiger partial charge in [-0.15, -0.1) is 0 Å². The van der Waals surface area contributed by atoms with Gasteiger partial charge in [0.05, 0.1) is 13.2 Å². The van der Waals surface area contributed by atoms with E-state index in [1.165, 1.54) is 12.1 Å². The van der Waals surface area contributed by atoms with Crippen molar-refractivity contribution in [2.45, 2.75) is 13.5 Å². The first-order valence-electron chi connectivity index (χ1n) is 5.96. The number of nitrogens with two attached hydrogens (primary N) is 1. The summed E-state index contributed by atoms with van der Waals surface area (Å²) in [6, 6.07) is 3.26. The van der Waals surface area contributed by atoms with Crippen molar-refractivity contribution in [3.63, 3.8) is 0 Å². The van der Waals surface area contributed by atoms with E-state index in [1.807, 2.05) is 6.92 Å². The molecule has 0 fully saturated rings. The Balaban J connectivity index is 3.18. The highest BCUT2D eigenvalue weighted by Crippen LogP contribution is 2.29. The van der Waals surface area contributed by atoms with E-state index < -0.39 is 5.97 Å². The van der Waals surface area contributed by atoms with Crippen molar-refractivity contribution in [1.82, 2.24) is 0 Å². The summed E-state index contributed by atoms with van der Waals surface area (Å²) in [4.78, 5) is 12.0. The monoisotopic (exact) mass is 265 g/mol.